The van der Waals surface area contributed by atoms with Crippen molar-refractivity contribution in [3.8, 4) is 23.1 Å². The monoisotopic (exact) mass is 390 g/mol. The average Bonchev–Trinajstić information content (AvgIpc) is 2.62. The normalized spacial score (nSPS) is 10.5. The number of aromatic hydroxyl groups is 1. The van der Waals surface area contributed by atoms with E-state index in [1.165, 1.54) is 12.4 Å². The molecule has 5 nitrogen and oxygen atoms in total. The molecule has 1 aromatic carbocycles. The summed E-state index contributed by atoms with van der Waals surface area (Å²) in [5.41, 5.74) is 0.659. The van der Waals surface area contributed by atoms with Gasteiger partial charge in [0, 0.05) is 23.0 Å². The van der Waals surface area contributed by atoms with E-state index in [9.17, 15) is 5.11 Å². The lowest BCUT2D eigenvalue weighted by molar-refractivity contribution is 0.292. The molecule has 3 aromatic rings. The largest absolute Gasteiger partial charge is 0.506 e. The van der Waals surface area contributed by atoms with Crippen molar-refractivity contribution in [3.63, 3.8) is 0 Å². The predicted molar refractivity (Wildman–Crippen MR) is 100 cm³/mol. The molecule has 0 spiro atoms. The van der Waals surface area contributed by atoms with Crippen molar-refractivity contribution in [3.05, 3.63) is 70.6 Å². The Kier molecular flexibility index (Phi) is 6.15. The second-order valence-corrected chi connectivity index (χ2v) is 6.28. The number of pyridine rings is 2. The van der Waals surface area contributed by atoms with Crippen molar-refractivity contribution < 1.29 is 14.6 Å². The van der Waals surface area contributed by atoms with Crippen LogP contribution in [0, 0.1) is 0 Å². The summed E-state index contributed by atoms with van der Waals surface area (Å²) in [5.74, 6) is 1.55. The van der Waals surface area contributed by atoms with Gasteiger partial charge in [0.25, 0.3) is 5.88 Å². The van der Waals surface area contributed by atoms with Gasteiger partial charge >= 0.3 is 0 Å². The number of nitrogens with zero attached hydrogens (tertiary/aromatic N) is 2. The molecule has 0 saturated heterocycles. The van der Waals surface area contributed by atoms with E-state index in [-0.39, 0.29) is 5.75 Å². The first kappa shape index (κ1) is 18.3. The van der Waals surface area contributed by atoms with Crippen LogP contribution in [0.25, 0.3) is 0 Å². The predicted octanol–water partition coefficient (Wildman–Crippen LogP) is 5.29. The van der Waals surface area contributed by atoms with Gasteiger partial charge in [-0.15, -0.1) is 0 Å². The first-order chi connectivity index (χ1) is 12.6. The number of halogens is 2. The van der Waals surface area contributed by atoms with Crippen molar-refractivity contribution in [2.24, 2.45) is 0 Å². The van der Waals surface area contributed by atoms with E-state index in [0.717, 1.165) is 0 Å². The van der Waals surface area contributed by atoms with Gasteiger partial charge < -0.3 is 14.6 Å². The highest BCUT2D eigenvalue weighted by Crippen LogP contribution is 2.30. The molecule has 0 aliphatic carbocycles. The summed E-state index contributed by atoms with van der Waals surface area (Å²) in [6, 6.07) is 10.6. The van der Waals surface area contributed by atoms with E-state index in [1.54, 1.807) is 42.6 Å². The molecule has 0 unspecified atom stereocenters. The smallest absolute Gasteiger partial charge is 0.262 e. The number of rotatable bonds is 7. The van der Waals surface area contributed by atoms with Gasteiger partial charge in [-0.1, -0.05) is 29.3 Å². The van der Waals surface area contributed by atoms with Crippen LogP contribution in [0.5, 0.6) is 23.1 Å². The van der Waals surface area contributed by atoms with Crippen molar-refractivity contribution in [2.45, 2.75) is 12.8 Å². The molecule has 0 amide bonds. The molecule has 134 valence electrons. The van der Waals surface area contributed by atoms with E-state index in [2.05, 4.69) is 9.97 Å². The van der Waals surface area contributed by atoms with Crippen molar-refractivity contribution in [1.29, 1.82) is 0 Å². The Balaban J connectivity index is 1.60. The van der Waals surface area contributed by atoms with Crippen LogP contribution in [0.4, 0.5) is 0 Å². The second kappa shape index (κ2) is 8.74. The summed E-state index contributed by atoms with van der Waals surface area (Å²) in [6.45, 7) is 0.412. The summed E-state index contributed by atoms with van der Waals surface area (Å²) in [4.78, 5) is 8.04. The Labute approximate surface area is 161 Å². The van der Waals surface area contributed by atoms with Crippen LogP contribution in [-0.2, 0) is 6.42 Å². The van der Waals surface area contributed by atoms with Gasteiger partial charge in [0.05, 0.1) is 17.8 Å². The minimum absolute atomic E-state index is 0.0869. The van der Waals surface area contributed by atoms with Crippen LogP contribution in [0.2, 0.25) is 10.0 Å². The number of benzene rings is 1. The summed E-state index contributed by atoms with van der Waals surface area (Å²) < 4.78 is 11.5. The number of hydrogen-bond donors (Lipinski definition) is 1. The minimum Gasteiger partial charge on any atom is -0.506 e. The molecule has 1 N–H and O–H groups in total. The molecular weight excluding hydrogens is 375 g/mol. The average molecular weight is 391 g/mol. The number of ether oxygens (including phenoxy) is 2. The van der Waals surface area contributed by atoms with Gasteiger partial charge in [-0.3, -0.25) is 4.98 Å². The molecule has 2 aromatic heterocycles. The van der Waals surface area contributed by atoms with Crippen LogP contribution >= 0.6 is 23.2 Å². The summed E-state index contributed by atoms with van der Waals surface area (Å²) in [6.07, 6.45) is 5.73. The zero-order chi connectivity index (χ0) is 18.4. The highest BCUT2D eigenvalue weighted by Gasteiger charge is 2.10. The fraction of sp³-hybridized carbons (Fsp3) is 0.158. The quantitative estimate of drug-likeness (QED) is 0.555. The third kappa shape index (κ3) is 4.77. The topological polar surface area (TPSA) is 64.5 Å². The zero-order valence-corrected chi connectivity index (χ0v) is 15.2. The Morgan fingerprint density at radius 3 is 2.77 bits per heavy atom. The highest BCUT2D eigenvalue weighted by molar-refractivity contribution is 6.31. The van der Waals surface area contributed by atoms with E-state index >= 15 is 0 Å². The first-order valence-electron chi connectivity index (χ1n) is 7.96. The highest BCUT2D eigenvalue weighted by atomic mass is 35.5. The van der Waals surface area contributed by atoms with Gasteiger partial charge in [0.15, 0.2) is 5.75 Å². The maximum atomic E-state index is 9.81. The molecule has 0 saturated carbocycles. The minimum atomic E-state index is 0.0869. The van der Waals surface area contributed by atoms with Gasteiger partial charge in [-0.2, -0.15) is 0 Å². The van der Waals surface area contributed by atoms with E-state index in [4.69, 9.17) is 32.7 Å². The van der Waals surface area contributed by atoms with Crippen molar-refractivity contribution in [2.75, 3.05) is 6.61 Å². The first-order valence-corrected chi connectivity index (χ1v) is 8.71. The Morgan fingerprint density at radius 1 is 1.08 bits per heavy atom. The molecule has 0 atom stereocenters. The molecule has 3 rings (SSSR count). The third-order valence-electron chi connectivity index (χ3n) is 3.56. The van der Waals surface area contributed by atoms with Crippen LogP contribution in [0.1, 0.15) is 12.0 Å². The molecule has 7 heteroatoms. The van der Waals surface area contributed by atoms with Crippen LogP contribution in [0.3, 0.4) is 0 Å². The van der Waals surface area contributed by atoms with E-state index < -0.39 is 0 Å². The summed E-state index contributed by atoms with van der Waals surface area (Å²) in [7, 11) is 0. The maximum absolute atomic E-state index is 9.81. The molecule has 2 heterocycles. The number of aromatic nitrogens is 2. The van der Waals surface area contributed by atoms with Crippen molar-refractivity contribution in [1.82, 2.24) is 9.97 Å². The molecule has 0 aliphatic rings. The lowest BCUT2D eigenvalue weighted by Crippen LogP contribution is -2.02. The zero-order valence-electron chi connectivity index (χ0n) is 13.7. The fourth-order valence-electron chi connectivity index (χ4n) is 2.33. The van der Waals surface area contributed by atoms with Gasteiger partial charge in [0.1, 0.15) is 11.5 Å². The SMILES string of the molecule is Oc1cncc(Cl)c1CCCOc1cccnc1Oc1cccc(Cl)c1. The van der Waals surface area contributed by atoms with Crippen LogP contribution in [-0.4, -0.2) is 21.7 Å². The lowest BCUT2D eigenvalue weighted by Gasteiger charge is -2.12. The molecule has 0 bridgehead atoms. The Morgan fingerprint density at radius 2 is 1.96 bits per heavy atom. The Bertz CT molecular complexity index is 870. The standard InChI is InChI=1S/C19H16Cl2N2O3/c20-13-4-1-5-14(10-13)26-19-18(7-2-8-23-19)25-9-3-6-15-16(21)11-22-12-17(15)24/h1-2,4-5,7-8,10-12,24H,3,6,9H2. The summed E-state index contributed by atoms with van der Waals surface area (Å²) in [5, 5.41) is 10.8. The van der Waals surface area contributed by atoms with E-state index in [1.807, 2.05) is 0 Å². The van der Waals surface area contributed by atoms with Crippen molar-refractivity contribution >= 4 is 23.2 Å². The van der Waals surface area contributed by atoms with Gasteiger partial charge in [-0.05, 0) is 43.2 Å². The molecule has 0 aliphatic heterocycles. The molecule has 0 radical (unpaired) electrons. The maximum Gasteiger partial charge on any atom is 0.262 e. The van der Waals surface area contributed by atoms with Gasteiger partial charge in [0.2, 0.25) is 0 Å². The second-order valence-electron chi connectivity index (χ2n) is 5.44. The Hall–Kier alpha value is -2.50. The summed E-state index contributed by atoms with van der Waals surface area (Å²) >= 11 is 12.0. The lowest BCUT2D eigenvalue weighted by atomic mass is 10.1. The third-order valence-corrected chi connectivity index (χ3v) is 4.12. The van der Waals surface area contributed by atoms with Gasteiger partial charge in [-0.25, -0.2) is 4.98 Å². The molecule has 26 heavy (non-hydrogen) atoms. The van der Waals surface area contributed by atoms with Crippen LogP contribution in [0.15, 0.2) is 55.0 Å². The van der Waals surface area contributed by atoms with Crippen LogP contribution < -0.4 is 9.47 Å². The number of hydrogen-bond acceptors (Lipinski definition) is 5. The molecule has 0 fully saturated rings. The van der Waals surface area contributed by atoms with E-state index in [0.29, 0.717) is 52.4 Å². The fourth-order valence-corrected chi connectivity index (χ4v) is 2.76. The molecular formula is C19H16Cl2N2O3.